The molecule has 0 radical (unpaired) electrons. The van der Waals surface area contributed by atoms with Crippen molar-refractivity contribution in [3.8, 4) is 6.07 Å². The number of nitrogens with zero attached hydrogens (tertiary/aromatic N) is 4. The Kier molecular flexibility index (Phi) is 6.92. The Labute approximate surface area is 246 Å². The number of aromatic amines is 1. The third-order valence-corrected chi connectivity index (χ3v) is 6.95. The molecule has 5 heterocycles. The van der Waals surface area contributed by atoms with E-state index in [0.29, 0.717) is 28.1 Å². The zero-order valence-corrected chi connectivity index (χ0v) is 22.6. The number of nitrogens with one attached hydrogen (secondary N) is 5. The first-order valence-corrected chi connectivity index (χ1v) is 13.0. The summed E-state index contributed by atoms with van der Waals surface area (Å²) < 4.78 is 28.1. The van der Waals surface area contributed by atoms with E-state index >= 15 is 0 Å². The number of hydrogen-bond donors (Lipinski definition) is 6. The minimum absolute atomic E-state index is 0.0325. The summed E-state index contributed by atoms with van der Waals surface area (Å²) in [4.78, 5) is 30.9. The molecule has 2 amide bonds. The number of pyridine rings is 2. The summed E-state index contributed by atoms with van der Waals surface area (Å²) in [5.74, 6) is -1.23. The van der Waals surface area contributed by atoms with E-state index in [4.69, 9.17) is 22.6 Å². The topological polar surface area (TPSA) is 187 Å². The van der Waals surface area contributed by atoms with E-state index in [1.165, 1.54) is 6.07 Å². The van der Waals surface area contributed by atoms with Gasteiger partial charge in [-0.05, 0) is 36.4 Å². The van der Waals surface area contributed by atoms with Crippen molar-refractivity contribution in [1.82, 2.24) is 20.2 Å². The lowest BCUT2D eigenvalue weighted by Crippen LogP contribution is -2.04. The van der Waals surface area contributed by atoms with E-state index in [1.54, 1.807) is 42.5 Å². The lowest BCUT2D eigenvalue weighted by Gasteiger charge is -2.11. The van der Waals surface area contributed by atoms with Gasteiger partial charge in [-0.15, -0.1) is 0 Å². The fourth-order valence-electron chi connectivity index (χ4n) is 4.64. The maximum Gasteiger partial charge on any atom is 0.228 e. The smallest absolute Gasteiger partial charge is 0.228 e. The Morgan fingerprint density at radius 2 is 1.44 bits per heavy atom. The zero-order chi connectivity index (χ0) is 30.2. The van der Waals surface area contributed by atoms with Crippen molar-refractivity contribution in [2.45, 2.75) is 12.8 Å². The molecular weight excluding hydrogens is 582 g/mol. The van der Waals surface area contributed by atoms with E-state index in [9.17, 15) is 18.4 Å². The molecule has 5 aromatic rings. The summed E-state index contributed by atoms with van der Waals surface area (Å²) in [6.45, 7) is 0. The molecule has 0 atom stereocenters. The molecule has 12 nitrogen and oxygen atoms in total. The summed E-state index contributed by atoms with van der Waals surface area (Å²) in [6, 6.07) is 14.6. The maximum atomic E-state index is 14.2. The van der Waals surface area contributed by atoms with Crippen molar-refractivity contribution in [2.75, 3.05) is 27.0 Å². The average Bonchev–Trinajstić information content (AvgIpc) is 3.67. The summed E-state index contributed by atoms with van der Waals surface area (Å²) in [5, 5.41) is 26.8. The summed E-state index contributed by atoms with van der Waals surface area (Å²) in [5.41, 5.74) is 10.1. The zero-order valence-electron chi connectivity index (χ0n) is 21.8. The number of aromatic nitrogens is 4. The lowest BCUT2D eigenvalue weighted by molar-refractivity contribution is -0.115. The van der Waals surface area contributed by atoms with Gasteiger partial charge in [0.15, 0.2) is 28.9 Å². The van der Waals surface area contributed by atoms with E-state index in [-0.39, 0.29) is 52.8 Å². The molecule has 2 aliphatic heterocycles. The van der Waals surface area contributed by atoms with Gasteiger partial charge in [-0.25, -0.2) is 18.7 Å². The van der Waals surface area contributed by atoms with Crippen molar-refractivity contribution < 1.29 is 18.4 Å². The van der Waals surface area contributed by atoms with E-state index in [2.05, 4.69) is 41.4 Å². The number of carbonyl (C=O) groups is 2. The van der Waals surface area contributed by atoms with Crippen molar-refractivity contribution in [3.05, 3.63) is 82.0 Å². The van der Waals surface area contributed by atoms with Gasteiger partial charge in [-0.2, -0.15) is 10.4 Å². The lowest BCUT2D eigenvalue weighted by atomic mass is 10.1. The van der Waals surface area contributed by atoms with Crippen LogP contribution >= 0.6 is 11.6 Å². The van der Waals surface area contributed by atoms with Gasteiger partial charge in [0.1, 0.15) is 17.0 Å². The van der Waals surface area contributed by atoms with Gasteiger partial charge < -0.3 is 27.0 Å². The molecule has 3 aromatic heterocycles. The van der Waals surface area contributed by atoms with Crippen LogP contribution in [0.25, 0.3) is 11.0 Å². The number of amides is 2. The summed E-state index contributed by atoms with van der Waals surface area (Å²) >= 11 is 5.80. The van der Waals surface area contributed by atoms with Crippen LogP contribution in [0.2, 0.25) is 5.15 Å². The highest BCUT2D eigenvalue weighted by atomic mass is 35.5. The number of H-pyrrole nitrogens is 1. The molecule has 2 aromatic carbocycles. The van der Waals surface area contributed by atoms with Gasteiger partial charge in [-0.3, -0.25) is 14.7 Å². The van der Waals surface area contributed by atoms with Crippen LogP contribution in [0.5, 0.6) is 0 Å². The van der Waals surface area contributed by atoms with Crippen LogP contribution in [0, 0.1) is 23.0 Å². The third kappa shape index (κ3) is 5.32. The third-order valence-electron chi connectivity index (χ3n) is 6.66. The number of hydrogen-bond acceptors (Lipinski definition) is 9. The van der Waals surface area contributed by atoms with Gasteiger partial charge in [0.25, 0.3) is 0 Å². The Balaban J connectivity index is 0.000000153. The average molecular weight is 601 g/mol. The normalized spacial score (nSPS) is 12.9. The van der Waals surface area contributed by atoms with E-state index in [1.807, 2.05) is 0 Å². The number of rotatable bonds is 4. The number of carbonyl (C=O) groups excluding carboxylic acids is 2. The molecule has 2 aliphatic rings. The van der Waals surface area contributed by atoms with Crippen molar-refractivity contribution in [3.63, 3.8) is 0 Å². The molecule has 0 aliphatic carbocycles. The fraction of sp³-hybridized carbons (Fsp3) is 0.0714. The second-order valence-corrected chi connectivity index (χ2v) is 9.82. The Morgan fingerprint density at radius 3 is 2.02 bits per heavy atom. The highest BCUT2D eigenvalue weighted by Gasteiger charge is 2.23. The quantitative estimate of drug-likeness (QED) is 0.156. The number of nitrogen functional groups attached to an aromatic ring is 1. The largest absolute Gasteiger partial charge is 0.384 e. The number of nitriles is 1. The molecule has 0 saturated carbocycles. The number of nitrogens with two attached hydrogens (primary N) is 1. The molecule has 43 heavy (non-hydrogen) atoms. The Bertz CT molecular complexity index is 2010. The van der Waals surface area contributed by atoms with Crippen molar-refractivity contribution in [2.24, 2.45) is 0 Å². The predicted octanol–water partition coefficient (Wildman–Crippen LogP) is 4.90. The summed E-state index contributed by atoms with van der Waals surface area (Å²) in [7, 11) is 0. The first kappa shape index (κ1) is 27.4. The van der Waals surface area contributed by atoms with Crippen LogP contribution in [0.1, 0.15) is 16.7 Å². The standard InChI is InChI=1S/C14H8ClFN4O.C14H11FN6O/c15-13-7(6-17)4-9(16)14(20-13)19-11-3-1-2-10-8(11)5-12(21)18-10;15-8-4-7-12(16)20-21-13(7)19-14(8)18-10-3-1-2-9-6(10)5-11(22)17-9/h1-4H,5H2,(H,18,21)(H,19,20);1-4H,5H2,(H,17,22)(H4,16,18,19,20,21). The number of fused-ring (bicyclic) bond motifs is 3. The SMILES string of the molecule is N#Cc1cc(F)c(Nc2cccc3c2CC(=O)N3)nc1Cl.Nc1[nH]nc2nc(Nc3cccc4c3CC(=O)N4)c(F)cc12. The predicted molar refractivity (Wildman–Crippen MR) is 156 cm³/mol. The molecule has 0 saturated heterocycles. The van der Waals surface area contributed by atoms with Crippen LogP contribution in [0.3, 0.4) is 0 Å². The second kappa shape index (κ2) is 10.9. The highest BCUT2D eigenvalue weighted by Crippen LogP contribution is 2.34. The van der Waals surface area contributed by atoms with Crippen molar-refractivity contribution in [1.29, 1.82) is 5.26 Å². The molecular formula is C28H19ClF2N10O2. The van der Waals surface area contributed by atoms with Gasteiger partial charge >= 0.3 is 0 Å². The van der Waals surface area contributed by atoms with E-state index in [0.717, 1.165) is 22.9 Å². The molecule has 0 fully saturated rings. The summed E-state index contributed by atoms with van der Waals surface area (Å²) in [6.07, 6.45) is 0.460. The minimum Gasteiger partial charge on any atom is -0.384 e. The Morgan fingerprint density at radius 1 is 0.884 bits per heavy atom. The van der Waals surface area contributed by atoms with Crippen LogP contribution in [-0.4, -0.2) is 32.0 Å². The number of halogens is 3. The number of benzene rings is 2. The van der Waals surface area contributed by atoms with Gasteiger partial charge in [-0.1, -0.05) is 23.7 Å². The maximum absolute atomic E-state index is 14.2. The minimum atomic E-state index is -0.689. The van der Waals surface area contributed by atoms with Crippen molar-refractivity contribution >= 4 is 74.7 Å². The van der Waals surface area contributed by atoms with Crippen LogP contribution in [-0.2, 0) is 22.4 Å². The number of anilines is 7. The molecule has 214 valence electrons. The monoisotopic (exact) mass is 600 g/mol. The Hall–Kier alpha value is -5.81. The van der Waals surface area contributed by atoms with Crippen LogP contribution in [0.15, 0.2) is 48.5 Å². The molecule has 0 bridgehead atoms. The highest BCUT2D eigenvalue weighted by molar-refractivity contribution is 6.30. The fourth-order valence-corrected chi connectivity index (χ4v) is 4.83. The first-order chi connectivity index (χ1) is 20.7. The first-order valence-electron chi connectivity index (χ1n) is 12.6. The molecule has 7 N–H and O–H groups in total. The second-order valence-electron chi connectivity index (χ2n) is 9.46. The van der Waals surface area contributed by atoms with Crippen LogP contribution in [0.4, 0.5) is 49.0 Å². The van der Waals surface area contributed by atoms with Gasteiger partial charge in [0, 0.05) is 33.9 Å². The van der Waals surface area contributed by atoms with E-state index < -0.39 is 11.6 Å². The molecule has 7 rings (SSSR count). The molecule has 15 heteroatoms. The van der Waals surface area contributed by atoms with Crippen LogP contribution < -0.4 is 27.0 Å². The van der Waals surface area contributed by atoms with Gasteiger partial charge in [0.05, 0.1) is 23.8 Å². The van der Waals surface area contributed by atoms with Gasteiger partial charge in [0.2, 0.25) is 11.8 Å². The molecule has 0 spiro atoms. The molecule has 0 unspecified atom stereocenters.